The average molecular weight is 464 g/mol. The molecule has 2 fully saturated rings. The van der Waals surface area contributed by atoms with Gasteiger partial charge in [0.05, 0.1) is 23.4 Å². The predicted molar refractivity (Wildman–Crippen MR) is 129 cm³/mol. The Labute approximate surface area is 199 Å². The van der Waals surface area contributed by atoms with E-state index in [1.165, 1.54) is 6.42 Å². The number of fused-ring (bicyclic) bond motifs is 1. The van der Waals surface area contributed by atoms with Gasteiger partial charge in [0.25, 0.3) is 5.91 Å². The van der Waals surface area contributed by atoms with Crippen LogP contribution in [0.3, 0.4) is 0 Å². The molecule has 1 saturated carbocycles. The number of hydrogen-bond donors (Lipinski definition) is 1. The number of furan rings is 1. The Morgan fingerprint density at radius 1 is 1.12 bits per heavy atom. The molecule has 0 aromatic carbocycles. The standard InChI is InChI=1S/C26H33N5O3/c1-17(2)31-24-21(16-27-31)20(15-22(29-24)23-9-6-14-34-23)25(32)28-19-10-12-30(13-11-19)26(33)18-7-4-3-5-8-18/h6,9,14-19H,3-5,7-8,10-13H2,1-2H3,(H,28,32). The summed E-state index contributed by atoms with van der Waals surface area (Å²) in [6, 6.07) is 5.58. The highest BCUT2D eigenvalue weighted by molar-refractivity contribution is 6.06. The van der Waals surface area contributed by atoms with Gasteiger partial charge in [-0.25, -0.2) is 9.67 Å². The molecule has 8 heteroatoms. The van der Waals surface area contributed by atoms with Gasteiger partial charge in [0.2, 0.25) is 5.91 Å². The second-order valence-electron chi connectivity index (χ2n) is 9.86. The fourth-order valence-electron chi connectivity index (χ4n) is 5.25. The number of hydrogen-bond acceptors (Lipinski definition) is 5. The second kappa shape index (κ2) is 9.60. The maximum atomic E-state index is 13.4. The molecule has 0 radical (unpaired) electrons. The molecule has 0 atom stereocenters. The normalized spacial score (nSPS) is 18.0. The van der Waals surface area contributed by atoms with E-state index in [1.807, 2.05) is 35.6 Å². The fraction of sp³-hybridized carbons (Fsp3) is 0.538. The lowest BCUT2D eigenvalue weighted by atomic mass is 9.87. The summed E-state index contributed by atoms with van der Waals surface area (Å²) in [5.74, 6) is 0.981. The van der Waals surface area contributed by atoms with Crippen molar-refractivity contribution in [3.63, 3.8) is 0 Å². The summed E-state index contributed by atoms with van der Waals surface area (Å²) < 4.78 is 7.38. The van der Waals surface area contributed by atoms with Gasteiger partial charge in [-0.1, -0.05) is 19.3 Å². The Kier molecular flexibility index (Phi) is 6.39. The number of carbonyl (C=O) groups is 2. The predicted octanol–water partition coefficient (Wildman–Crippen LogP) is 4.57. The lowest BCUT2D eigenvalue weighted by Gasteiger charge is -2.35. The monoisotopic (exact) mass is 463 g/mol. The third kappa shape index (κ3) is 4.45. The van der Waals surface area contributed by atoms with E-state index >= 15 is 0 Å². The quantitative estimate of drug-likeness (QED) is 0.598. The molecular weight excluding hydrogens is 430 g/mol. The maximum Gasteiger partial charge on any atom is 0.252 e. The minimum absolute atomic E-state index is 0.0401. The Bertz CT molecular complexity index is 1150. The van der Waals surface area contributed by atoms with Crippen LogP contribution in [0.15, 0.2) is 35.1 Å². The molecule has 0 unspecified atom stereocenters. The molecule has 4 heterocycles. The van der Waals surface area contributed by atoms with Gasteiger partial charge in [0.15, 0.2) is 11.4 Å². The third-order valence-electron chi connectivity index (χ3n) is 7.17. The van der Waals surface area contributed by atoms with Crippen LogP contribution in [0.5, 0.6) is 0 Å². The van der Waals surface area contributed by atoms with Gasteiger partial charge in [0, 0.05) is 31.1 Å². The Morgan fingerprint density at radius 3 is 2.56 bits per heavy atom. The van der Waals surface area contributed by atoms with E-state index in [0.29, 0.717) is 41.7 Å². The topological polar surface area (TPSA) is 93.3 Å². The van der Waals surface area contributed by atoms with Gasteiger partial charge >= 0.3 is 0 Å². The van der Waals surface area contributed by atoms with Crippen LogP contribution in [-0.4, -0.2) is 50.6 Å². The molecule has 0 bridgehead atoms. The van der Waals surface area contributed by atoms with Gasteiger partial charge in [-0.05, 0) is 57.7 Å². The summed E-state index contributed by atoms with van der Waals surface area (Å²) >= 11 is 0. The largest absolute Gasteiger partial charge is 0.463 e. The van der Waals surface area contributed by atoms with Crippen molar-refractivity contribution in [2.45, 2.75) is 70.9 Å². The number of carbonyl (C=O) groups excluding carboxylic acids is 2. The maximum absolute atomic E-state index is 13.4. The van der Waals surface area contributed by atoms with Crippen molar-refractivity contribution in [3.8, 4) is 11.5 Å². The first-order chi connectivity index (χ1) is 16.5. The fourth-order valence-corrected chi connectivity index (χ4v) is 5.25. The van der Waals surface area contributed by atoms with Gasteiger partial charge in [-0.2, -0.15) is 5.10 Å². The van der Waals surface area contributed by atoms with E-state index < -0.39 is 0 Å². The summed E-state index contributed by atoms with van der Waals surface area (Å²) in [6.45, 7) is 5.48. The van der Waals surface area contributed by atoms with Gasteiger partial charge in [0.1, 0.15) is 5.69 Å². The zero-order valence-corrected chi connectivity index (χ0v) is 20.0. The number of rotatable bonds is 5. The molecule has 1 aliphatic carbocycles. The molecule has 8 nitrogen and oxygen atoms in total. The number of aromatic nitrogens is 3. The molecule has 2 amide bonds. The third-order valence-corrected chi connectivity index (χ3v) is 7.17. The Morgan fingerprint density at radius 2 is 1.88 bits per heavy atom. The summed E-state index contributed by atoms with van der Waals surface area (Å²) in [5, 5.41) is 8.41. The lowest BCUT2D eigenvalue weighted by molar-refractivity contribution is -0.137. The average Bonchev–Trinajstić information content (AvgIpc) is 3.54. The van der Waals surface area contributed by atoms with E-state index in [4.69, 9.17) is 9.40 Å². The van der Waals surface area contributed by atoms with E-state index in [9.17, 15) is 9.59 Å². The number of pyridine rings is 1. The summed E-state index contributed by atoms with van der Waals surface area (Å²) in [7, 11) is 0. The molecule has 34 heavy (non-hydrogen) atoms. The van der Waals surface area contributed by atoms with Crippen LogP contribution in [0.1, 0.15) is 75.2 Å². The summed E-state index contributed by atoms with van der Waals surface area (Å²) in [6.07, 6.45) is 10.5. The van der Waals surface area contributed by atoms with E-state index in [2.05, 4.69) is 10.4 Å². The lowest BCUT2D eigenvalue weighted by Crippen LogP contribution is -2.48. The molecular formula is C26H33N5O3. The molecule has 1 saturated heterocycles. The van der Waals surface area contributed by atoms with E-state index in [1.54, 1.807) is 18.5 Å². The molecule has 1 aliphatic heterocycles. The molecule has 180 valence electrons. The molecule has 3 aromatic heterocycles. The molecule has 2 aliphatic rings. The SMILES string of the molecule is CC(C)n1ncc2c(C(=O)NC3CCN(C(=O)C4CCCCC4)CC3)cc(-c3ccco3)nc21. The highest BCUT2D eigenvalue weighted by Gasteiger charge is 2.30. The second-order valence-corrected chi connectivity index (χ2v) is 9.86. The minimum Gasteiger partial charge on any atom is -0.463 e. The van der Waals surface area contributed by atoms with Crippen molar-refractivity contribution in [2.24, 2.45) is 5.92 Å². The van der Waals surface area contributed by atoms with Crippen molar-refractivity contribution in [1.29, 1.82) is 0 Å². The van der Waals surface area contributed by atoms with Crippen LogP contribution in [0, 0.1) is 5.92 Å². The zero-order valence-electron chi connectivity index (χ0n) is 20.0. The first-order valence-electron chi connectivity index (χ1n) is 12.5. The summed E-state index contributed by atoms with van der Waals surface area (Å²) in [5.41, 5.74) is 1.82. The Hall–Kier alpha value is -3.16. The minimum atomic E-state index is -0.138. The van der Waals surface area contributed by atoms with Crippen LogP contribution >= 0.6 is 0 Å². The Balaban J connectivity index is 1.31. The highest BCUT2D eigenvalue weighted by atomic mass is 16.3. The number of nitrogens with zero attached hydrogens (tertiary/aromatic N) is 4. The summed E-state index contributed by atoms with van der Waals surface area (Å²) in [4.78, 5) is 33.0. The van der Waals surface area contributed by atoms with Crippen molar-refractivity contribution in [1.82, 2.24) is 25.0 Å². The smallest absolute Gasteiger partial charge is 0.252 e. The number of likely N-dealkylation sites (tertiary alicyclic amines) is 1. The van der Waals surface area contributed by atoms with Crippen LogP contribution in [-0.2, 0) is 4.79 Å². The van der Waals surface area contributed by atoms with E-state index in [0.717, 1.165) is 43.9 Å². The van der Waals surface area contributed by atoms with Crippen LogP contribution in [0.4, 0.5) is 0 Å². The molecule has 0 spiro atoms. The molecule has 1 N–H and O–H groups in total. The van der Waals surface area contributed by atoms with E-state index in [-0.39, 0.29) is 23.9 Å². The van der Waals surface area contributed by atoms with Crippen molar-refractivity contribution < 1.29 is 14.0 Å². The zero-order chi connectivity index (χ0) is 23.7. The van der Waals surface area contributed by atoms with Crippen LogP contribution in [0.25, 0.3) is 22.5 Å². The van der Waals surface area contributed by atoms with Crippen LogP contribution in [0.2, 0.25) is 0 Å². The highest BCUT2D eigenvalue weighted by Crippen LogP contribution is 2.28. The van der Waals surface area contributed by atoms with Gasteiger partial charge in [-0.15, -0.1) is 0 Å². The van der Waals surface area contributed by atoms with Gasteiger partial charge in [-0.3, -0.25) is 9.59 Å². The number of piperidine rings is 1. The van der Waals surface area contributed by atoms with Crippen molar-refractivity contribution in [3.05, 3.63) is 36.2 Å². The first kappa shape index (κ1) is 22.6. The van der Waals surface area contributed by atoms with Gasteiger partial charge < -0.3 is 14.6 Å². The van der Waals surface area contributed by atoms with Crippen LogP contribution < -0.4 is 5.32 Å². The molecule has 3 aromatic rings. The molecule has 5 rings (SSSR count). The first-order valence-corrected chi connectivity index (χ1v) is 12.5. The van der Waals surface area contributed by atoms with Crippen molar-refractivity contribution >= 4 is 22.8 Å². The number of amides is 2. The number of nitrogens with one attached hydrogen (secondary N) is 1. The van der Waals surface area contributed by atoms with Crippen molar-refractivity contribution in [2.75, 3.05) is 13.1 Å².